The molecule has 0 unspecified atom stereocenters. The molecule has 1 aromatic heterocycles. The highest BCUT2D eigenvalue weighted by molar-refractivity contribution is 5.83. The van der Waals surface area contributed by atoms with Gasteiger partial charge in [-0.3, -0.25) is 0 Å². The number of ether oxygens (including phenoxy) is 2. The Morgan fingerprint density at radius 2 is 1.95 bits per heavy atom. The Balaban J connectivity index is 2.13. The van der Waals surface area contributed by atoms with Crippen molar-refractivity contribution in [3.05, 3.63) is 52.7 Å². The van der Waals surface area contributed by atoms with Gasteiger partial charge in [-0.1, -0.05) is 35.9 Å². The average molecular weight is 268 g/mol. The predicted octanol–water partition coefficient (Wildman–Crippen LogP) is 2.79. The van der Waals surface area contributed by atoms with Gasteiger partial charge in [0.1, 0.15) is 0 Å². The molecule has 0 N–H and O–H groups in total. The van der Waals surface area contributed by atoms with Crippen LogP contribution >= 0.6 is 0 Å². The van der Waals surface area contributed by atoms with E-state index in [1.165, 1.54) is 5.56 Å². The van der Waals surface area contributed by atoms with Crippen LogP contribution in [-0.4, -0.2) is 24.2 Å². The van der Waals surface area contributed by atoms with Crippen LogP contribution in [0.4, 0.5) is 0 Å². The lowest BCUT2D eigenvalue weighted by molar-refractivity contribution is 0.349. The molecule has 4 heteroatoms. The topological polar surface area (TPSA) is 44.2 Å². The van der Waals surface area contributed by atoms with Gasteiger partial charge >= 0.3 is 6.01 Å². The van der Waals surface area contributed by atoms with Crippen LogP contribution in [0.15, 0.2) is 30.3 Å². The van der Waals surface area contributed by atoms with Crippen LogP contribution < -0.4 is 9.47 Å². The highest BCUT2D eigenvalue weighted by Gasteiger charge is 2.23. The van der Waals surface area contributed by atoms with E-state index in [4.69, 9.17) is 9.47 Å². The minimum absolute atomic E-state index is 0.334. The van der Waals surface area contributed by atoms with Crippen molar-refractivity contribution in [2.45, 2.75) is 13.3 Å². The fraction of sp³-hybridized carbons (Fsp3) is 0.250. The number of fused-ring (bicyclic) bond motifs is 1. The summed E-state index contributed by atoms with van der Waals surface area (Å²) in [4.78, 5) is 8.72. The van der Waals surface area contributed by atoms with Crippen molar-refractivity contribution in [3.8, 4) is 11.9 Å². The molecule has 0 bridgehead atoms. The van der Waals surface area contributed by atoms with Crippen LogP contribution in [-0.2, 0) is 6.42 Å². The van der Waals surface area contributed by atoms with Gasteiger partial charge < -0.3 is 9.47 Å². The number of hydrogen-bond donors (Lipinski definition) is 0. The molecule has 0 spiro atoms. The fourth-order valence-electron chi connectivity index (χ4n) is 2.48. The maximum atomic E-state index is 5.34. The number of aromatic nitrogens is 2. The first-order chi connectivity index (χ1) is 9.72. The third-order valence-corrected chi connectivity index (χ3v) is 3.42. The number of methoxy groups -OCH3 is 2. The maximum absolute atomic E-state index is 5.34. The zero-order valence-electron chi connectivity index (χ0n) is 11.8. The third-order valence-electron chi connectivity index (χ3n) is 3.42. The molecule has 3 rings (SSSR count). The highest BCUT2D eigenvalue weighted by atomic mass is 16.5. The SMILES string of the molecule is COc1nc(OC)c2c(n1)C(c1cccc(C)c1)=CC2. The first kappa shape index (κ1) is 12.7. The molecule has 0 fully saturated rings. The number of allylic oxidation sites excluding steroid dienone is 1. The van der Waals surface area contributed by atoms with Gasteiger partial charge in [-0.2, -0.15) is 9.97 Å². The number of aryl methyl sites for hydroxylation is 1. The molecule has 0 aliphatic heterocycles. The zero-order valence-corrected chi connectivity index (χ0v) is 11.8. The summed E-state index contributed by atoms with van der Waals surface area (Å²) in [5.41, 5.74) is 5.42. The smallest absolute Gasteiger partial charge is 0.320 e. The summed E-state index contributed by atoms with van der Waals surface area (Å²) in [6, 6.07) is 8.72. The minimum Gasteiger partial charge on any atom is -0.481 e. The number of benzene rings is 1. The van der Waals surface area contributed by atoms with Gasteiger partial charge in [0.05, 0.1) is 19.9 Å². The monoisotopic (exact) mass is 268 g/mol. The van der Waals surface area contributed by atoms with E-state index < -0.39 is 0 Å². The molecular weight excluding hydrogens is 252 g/mol. The molecule has 20 heavy (non-hydrogen) atoms. The van der Waals surface area contributed by atoms with Crippen LogP contribution in [0.5, 0.6) is 11.9 Å². The third kappa shape index (κ3) is 2.03. The predicted molar refractivity (Wildman–Crippen MR) is 77.1 cm³/mol. The van der Waals surface area contributed by atoms with Crippen LogP contribution in [0.25, 0.3) is 5.57 Å². The van der Waals surface area contributed by atoms with Crippen molar-refractivity contribution in [1.29, 1.82) is 0 Å². The highest BCUT2D eigenvalue weighted by Crippen LogP contribution is 2.36. The Morgan fingerprint density at radius 1 is 1.10 bits per heavy atom. The first-order valence-corrected chi connectivity index (χ1v) is 6.49. The van der Waals surface area contributed by atoms with Crippen LogP contribution in [0.3, 0.4) is 0 Å². The largest absolute Gasteiger partial charge is 0.481 e. The Kier molecular flexibility index (Phi) is 3.14. The zero-order chi connectivity index (χ0) is 14.1. The lowest BCUT2D eigenvalue weighted by atomic mass is 10.0. The van der Waals surface area contributed by atoms with E-state index in [1.54, 1.807) is 14.2 Å². The van der Waals surface area contributed by atoms with Crippen molar-refractivity contribution in [2.75, 3.05) is 14.2 Å². The fourth-order valence-corrected chi connectivity index (χ4v) is 2.48. The molecule has 0 saturated heterocycles. The first-order valence-electron chi connectivity index (χ1n) is 6.49. The van der Waals surface area contributed by atoms with E-state index in [0.29, 0.717) is 11.9 Å². The van der Waals surface area contributed by atoms with Crippen molar-refractivity contribution in [1.82, 2.24) is 9.97 Å². The van der Waals surface area contributed by atoms with Gasteiger partial charge in [0, 0.05) is 11.1 Å². The lowest BCUT2D eigenvalue weighted by Gasteiger charge is -2.10. The molecule has 1 aliphatic rings. The summed E-state index contributed by atoms with van der Waals surface area (Å²) >= 11 is 0. The normalized spacial score (nSPS) is 12.8. The molecular formula is C16H16N2O2. The summed E-state index contributed by atoms with van der Waals surface area (Å²) in [5, 5.41) is 0. The second-order valence-corrected chi connectivity index (χ2v) is 4.74. The molecule has 2 aromatic rings. The van der Waals surface area contributed by atoms with E-state index in [0.717, 1.165) is 28.8 Å². The van der Waals surface area contributed by atoms with Crippen LogP contribution in [0.1, 0.15) is 22.4 Å². The molecule has 1 aliphatic carbocycles. The molecule has 0 saturated carbocycles. The summed E-state index contributed by atoms with van der Waals surface area (Å²) in [6.45, 7) is 2.08. The summed E-state index contributed by atoms with van der Waals surface area (Å²) in [5.74, 6) is 0.589. The summed E-state index contributed by atoms with van der Waals surface area (Å²) in [6.07, 6.45) is 2.95. The van der Waals surface area contributed by atoms with Gasteiger partial charge in [0.15, 0.2) is 0 Å². The molecule has 4 nitrogen and oxygen atoms in total. The molecule has 102 valence electrons. The van der Waals surface area contributed by atoms with Crippen molar-refractivity contribution >= 4 is 5.57 Å². The van der Waals surface area contributed by atoms with Gasteiger partial charge in [0.25, 0.3) is 0 Å². The van der Waals surface area contributed by atoms with Gasteiger partial charge in [-0.15, -0.1) is 0 Å². The second-order valence-electron chi connectivity index (χ2n) is 4.74. The minimum atomic E-state index is 0.334. The average Bonchev–Trinajstić information content (AvgIpc) is 2.90. The van der Waals surface area contributed by atoms with E-state index in [9.17, 15) is 0 Å². The Bertz CT molecular complexity index is 693. The van der Waals surface area contributed by atoms with Crippen molar-refractivity contribution in [3.63, 3.8) is 0 Å². The Morgan fingerprint density at radius 3 is 2.65 bits per heavy atom. The molecule has 1 heterocycles. The van der Waals surface area contributed by atoms with E-state index in [2.05, 4.69) is 47.2 Å². The standard InChI is InChI=1S/C16H16N2O2/c1-10-5-4-6-11(9-10)12-7-8-13-14(12)17-16(20-3)18-15(13)19-2/h4-7,9H,8H2,1-3H3. The van der Waals surface area contributed by atoms with Gasteiger partial charge in [0.2, 0.25) is 5.88 Å². The quantitative estimate of drug-likeness (QED) is 0.858. The summed E-state index contributed by atoms with van der Waals surface area (Å²) < 4.78 is 10.5. The van der Waals surface area contributed by atoms with Crippen LogP contribution in [0.2, 0.25) is 0 Å². The Hall–Kier alpha value is -2.36. The molecule has 1 aromatic carbocycles. The number of rotatable bonds is 3. The van der Waals surface area contributed by atoms with Crippen LogP contribution in [0, 0.1) is 6.92 Å². The van der Waals surface area contributed by atoms with Crippen molar-refractivity contribution < 1.29 is 9.47 Å². The van der Waals surface area contributed by atoms with E-state index in [-0.39, 0.29) is 0 Å². The maximum Gasteiger partial charge on any atom is 0.320 e. The molecule has 0 radical (unpaired) electrons. The van der Waals surface area contributed by atoms with Gasteiger partial charge in [-0.05, 0) is 18.9 Å². The Labute approximate surface area is 118 Å². The van der Waals surface area contributed by atoms with Gasteiger partial charge in [-0.25, -0.2) is 0 Å². The summed E-state index contributed by atoms with van der Waals surface area (Å²) in [7, 11) is 3.18. The molecule has 0 atom stereocenters. The van der Waals surface area contributed by atoms with E-state index >= 15 is 0 Å². The number of nitrogens with zero attached hydrogens (tertiary/aromatic N) is 2. The van der Waals surface area contributed by atoms with Crippen molar-refractivity contribution in [2.24, 2.45) is 0 Å². The molecule has 0 amide bonds. The second kappa shape index (κ2) is 4.96. The number of hydrogen-bond acceptors (Lipinski definition) is 4. The van der Waals surface area contributed by atoms with E-state index in [1.807, 2.05) is 0 Å². The lowest BCUT2D eigenvalue weighted by Crippen LogP contribution is -2.02.